The molecule has 2 aromatic carbocycles. The van der Waals surface area contributed by atoms with Crippen molar-refractivity contribution in [2.24, 2.45) is 14.1 Å². The summed E-state index contributed by atoms with van der Waals surface area (Å²) in [6, 6.07) is 14.6. The quantitative estimate of drug-likeness (QED) is 0.465. The summed E-state index contributed by atoms with van der Waals surface area (Å²) >= 11 is 0. The highest BCUT2D eigenvalue weighted by molar-refractivity contribution is 5.91. The molecule has 1 amide bonds. The molecule has 3 aromatic heterocycles. The fourth-order valence-electron chi connectivity index (χ4n) is 3.56. The van der Waals surface area contributed by atoms with Crippen LogP contribution in [0.1, 0.15) is 0 Å². The summed E-state index contributed by atoms with van der Waals surface area (Å²) in [5.74, 6) is 0.158. The molecule has 10 heteroatoms. The number of hydrogen-bond donors (Lipinski definition) is 1. The van der Waals surface area contributed by atoms with E-state index in [1.807, 2.05) is 24.3 Å². The Morgan fingerprint density at radius 3 is 2.53 bits per heavy atom. The number of nitrogens with zero attached hydrogens (tertiary/aromatic N) is 5. The van der Waals surface area contributed by atoms with Gasteiger partial charge in [-0.1, -0.05) is 12.1 Å². The third-order valence-electron chi connectivity index (χ3n) is 5.24. The maximum absolute atomic E-state index is 12.6. The number of fused-ring (bicyclic) bond motifs is 2. The van der Waals surface area contributed by atoms with E-state index >= 15 is 0 Å². The summed E-state index contributed by atoms with van der Waals surface area (Å²) < 4.78 is 9.45. The predicted molar refractivity (Wildman–Crippen MR) is 118 cm³/mol. The number of para-hydroxylation sites is 2. The van der Waals surface area contributed by atoms with E-state index in [9.17, 15) is 14.4 Å². The largest absolute Gasteiger partial charge is 0.436 e. The van der Waals surface area contributed by atoms with Crippen LogP contribution >= 0.6 is 0 Å². The first-order valence-electron chi connectivity index (χ1n) is 9.79. The van der Waals surface area contributed by atoms with Crippen molar-refractivity contribution in [1.82, 2.24) is 23.7 Å². The molecule has 0 aliphatic carbocycles. The average molecular weight is 430 g/mol. The number of carbonyl (C=O) groups excluding carboxylic acids is 1. The minimum atomic E-state index is -0.504. The van der Waals surface area contributed by atoms with E-state index in [0.29, 0.717) is 17.2 Å². The van der Waals surface area contributed by atoms with Crippen molar-refractivity contribution in [3.8, 4) is 11.5 Å². The molecule has 0 saturated carbocycles. The van der Waals surface area contributed by atoms with Gasteiger partial charge in [0, 0.05) is 25.3 Å². The molecule has 0 unspecified atom stereocenters. The SMILES string of the molecule is Cn1c(=O)c2c(ncn2CC(=O)Nc2ccc(-c3nc4ccccc4o3)cc2)n(C)c1=O. The molecular formula is C22H18N6O4. The molecule has 1 N–H and O–H groups in total. The first-order valence-corrected chi connectivity index (χ1v) is 9.79. The molecule has 0 aliphatic rings. The van der Waals surface area contributed by atoms with Crippen molar-refractivity contribution in [2.45, 2.75) is 6.54 Å². The van der Waals surface area contributed by atoms with Gasteiger partial charge in [-0.2, -0.15) is 0 Å². The van der Waals surface area contributed by atoms with Gasteiger partial charge in [-0.25, -0.2) is 14.8 Å². The van der Waals surface area contributed by atoms with Crippen LogP contribution in [0, 0.1) is 0 Å². The van der Waals surface area contributed by atoms with E-state index in [-0.39, 0.29) is 23.6 Å². The van der Waals surface area contributed by atoms with Crippen molar-refractivity contribution in [3.63, 3.8) is 0 Å². The minimum Gasteiger partial charge on any atom is -0.436 e. The Kier molecular flexibility index (Phi) is 4.47. The normalized spacial score (nSPS) is 11.3. The van der Waals surface area contributed by atoms with Crippen molar-refractivity contribution in [3.05, 3.63) is 75.7 Å². The molecule has 5 rings (SSSR count). The number of carbonyl (C=O) groups is 1. The van der Waals surface area contributed by atoms with Gasteiger partial charge < -0.3 is 14.3 Å². The number of aromatic nitrogens is 5. The molecule has 160 valence electrons. The van der Waals surface area contributed by atoms with Crippen molar-refractivity contribution in [2.75, 3.05) is 5.32 Å². The molecule has 3 heterocycles. The molecule has 0 spiro atoms. The lowest BCUT2D eigenvalue weighted by molar-refractivity contribution is -0.116. The zero-order valence-electron chi connectivity index (χ0n) is 17.3. The molecule has 5 aromatic rings. The Hall–Kier alpha value is -4.47. The van der Waals surface area contributed by atoms with Crippen LogP contribution < -0.4 is 16.6 Å². The second-order valence-corrected chi connectivity index (χ2v) is 7.36. The third kappa shape index (κ3) is 3.18. The number of hydrogen-bond acceptors (Lipinski definition) is 6. The van der Waals surface area contributed by atoms with Crippen LogP contribution in [0.2, 0.25) is 0 Å². The monoisotopic (exact) mass is 430 g/mol. The third-order valence-corrected chi connectivity index (χ3v) is 5.24. The van der Waals surface area contributed by atoms with Crippen molar-refractivity contribution >= 4 is 33.9 Å². The molecule has 0 bridgehead atoms. The number of nitrogens with one attached hydrogen (secondary N) is 1. The second kappa shape index (κ2) is 7.34. The Morgan fingerprint density at radius 1 is 1.03 bits per heavy atom. The first kappa shape index (κ1) is 19.5. The first-order chi connectivity index (χ1) is 15.4. The average Bonchev–Trinajstić information content (AvgIpc) is 3.41. The van der Waals surface area contributed by atoms with Crippen LogP contribution in [-0.4, -0.2) is 29.6 Å². The van der Waals surface area contributed by atoms with Crippen LogP contribution in [0.25, 0.3) is 33.7 Å². The lowest BCUT2D eigenvalue weighted by Crippen LogP contribution is -2.37. The summed E-state index contributed by atoms with van der Waals surface area (Å²) in [6.45, 7) is -0.128. The zero-order valence-corrected chi connectivity index (χ0v) is 17.3. The molecular weight excluding hydrogens is 412 g/mol. The van der Waals surface area contributed by atoms with Crippen LogP contribution in [0.5, 0.6) is 0 Å². The maximum Gasteiger partial charge on any atom is 0.332 e. The van der Waals surface area contributed by atoms with Gasteiger partial charge >= 0.3 is 5.69 Å². The fourth-order valence-corrected chi connectivity index (χ4v) is 3.56. The van der Waals surface area contributed by atoms with E-state index in [0.717, 1.165) is 15.6 Å². The summed E-state index contributed by atoms with van der Waals surface area (Å²) in [5.41, 5.74) is 2.29. The summed E-state index contributed by atoms with van der Waals surface area (Å²) in [7, 11) is 2.92. The second-order valence-electron chi connectivity index (χ2n) is 7.36. The number of benzene rings is 2. The van der Waals surface area contributed by atoms with E-state index in [1.165, 1.54) is 29.6 Å². The Balaban J connectivity index is 1.36. The van der Waals surface area contributed by atoms with Crippen molar-refractivity contribution < 1.29 is 9.21 Å². The van der Waals surface area contributed by atoms with Gasteiger partial charge in [0.2, 0.25) is 11.8 Å². The Morgan fingerprint density at radius 2 is 1.78 bits per heavy atom. The molecule has 0 atom stereocenters. The topological polar surface area (TPSA) is 117 Å². The number of oxazole rings is 1. The van der Waals surface area contributed by atoms with E-state index < -0.39 is 11.2 Å². The lowest BCUT2D eigenvalue weighted by Gasteiger charge is -2.08. The Bertz CT molecular complexity index is 1570. The number of aryl methyl sites for hydroxylation is 1. The molecule has 0 saturated heterocycles. The van der Waals surface area contributed by atoms with Gasteiger partial charge in [0.1, 0.15) is 12.1 Å². The van der Waals surface area contributed by atoms with Gasteiger partial charge in [-0.05, 0) is 36.4 Å². The molecule has 32 heavy (non-hydrogen) atoms. The van der Waals surface area contributed by atoms with E-state index in [2.05, 4.69) is 15.3 Å². The molecule has 0 fully saturated rings. The van der Waals surface area contributed by atoms with Gasteiger partial charge in [0.05, 0.1) is 6.33 Å². The predicted octanol–water partition coefficient (Wildman–Crippen LogP) is 1.88. The Labute approximate surface area is 180 Å². The summed E-state index contributed by atoms with van der Waals surface area (Å²) in [6.07, 6.45) is 1.38. The lowest BCUT2D eigenvalue weighted by atomic mass is 10.2. The van der Waals surface area contributed by atoms with Crippen LogP contribution in [0.15, 0.2) is 68.9 Å². The van der Waals surface area contributed by atoms with Crippen LogP contribution in [0.3, 0.4) is 0 Å². The smallest absolute Gasteiger partial charge is 0.332 e. The molecule has 0 radical (unpaired) electrons. The zero-order chi connectivity index (χ0) is 22.4. The van der Waals surface area contributed by atoms with Crippen LogP contribution in [0.4, 0.5) is 5.69 Å². The highest BCUT2D eigenvalue weighted by Gasteiger charge is 2.16. The summed E-state index contributed by atoms with van der Waals surface area (Å²) in [4.78, 5) is 45.7. The van der Waals surface area contributed by atoms with Gasteiger partial charge in [-0.3, -0.25) is 18.7 Å². The molecule has 10 nitrogen and oxygen atoms in total. The van der Waals surface area contributed by atoms with Crippen molar-refractivity contribution in [1.29, 1.82) is 0 Å². The number of imidazole rings is 1. The number of anilines is 1. The number of amides is 1. The maximum atomic E-state index is 12.6. The number of rotatable bonds is 4. The summed E-state index contributed by atoms with van der Waals surface area (Å²) in [5, 5.41) is 2.79. The highest BCUT2D eigenvalue weighted by Crippen LogP contribution is 2.25. The molecule has 0 aliphatic heterocycles. The standard InChI is InChI=1S/C22H18N6O4/c1-26-19-18(21(30)27(2)22(26)31)28(12-23-19)11-17(29)24-14-9-7-13(8-10-14)20-25-15-5-3-4-6-16(15)32-20/h3-10,12H,11H2,1-2H3,(H,24,29). The minimum absolute atomic E-state index is 0.128. The van der Waals surface area contributed by atoms with Gasteiger partial charge in [-0.15, -0.1) is 0 Å². The van der Waals surface area contributed by atoms with Crippen LogP contribution in [-0.2, 0) is 25.4 Å². The fraction of sp³-hybridized carbons (Fsp3) is 0.136. The van der Waals surface area contributed by atoms with E-state index in [1.54, 1.807) is 24.3 Å². The van der Waals surface area contributed by atoms with Gasteiger partial charge in [0.15, 0.2) is 16.7 Å². The van der Waals surface area contributed by atoms with E-state index in [4.69, 9.17) is 4.42 Å². The highest BCUT2D eigenvalue weighted by atomic mass is 16.3. The van der Waals surface area contributed by atoms with Gasteiger partial charge in [0.25, 0.3) is 5.56 Å².